The van der Waals surface area contributed by atoms with E-state index in [2.05, 4.69) is 21.3 Å². The van der Waals surface area contributed by atoms with Gasteiger partial charge >= 0.3 is 6.09 Å². The Balaban J connectivity index is 2.59. The molecule has 0 aliphatic carbocycles. The number of amides is 5. The highest BCUT2D eigenvalue weighted by Gasteiger charge is 2.31. The molecule has 0 saturated heterocycles. The van der Waals surface area contributed by atoms with Gasteiger partial charge in [0.05, 0.1) is 30.7 Å². The molecular formula is C30H49N5O7. The van der Waals surface area contributed by atoms with Crippen LogP contribution in [0.5, 0.6) is 0 Å². The van der Waals surface area contributed by atoms with Gasteiger partial charge in [-0.25, -0.2) is 4.79 Å². The van der Waals surface area contributed by atoms with Crippen LogP contribution < -0.4 is 21.3 Å². The maximum Gasteiger partial charge on any atom is 0.409 e. The molecule has 1 aromatic rings. The Morgan fingerprint density at radius 2 is 1.48 bits per heavy atom. The average Bonchev–Trinajstić information content (AvgIpc) is 2.88. The van der Waals surface area contributed by atoms with Gasteiger partial charge < -0.3 is 35.6 Å². The molecular weight excluding hydrogens is 542 g/mol. The van der Waals surface area contributed by atoms with Gasteiger partial charge in [-0.15, -0.1) is 0 Å². The van der Waals surface area contributed by atoms with Gasteiger partial charge in [0.25, 0.3) is 0 Å². The molecule has 12 heteroatoms. The number of hydrogen-bond donors (Lipinski definition) is 4. The van der Waals surface area contributed by atoms with E-state index in [1.807, 2.05) is 27.7 Å². The average molecular weight is 592 g/mol. The first-order chi connectivity index (χ1) is 19.3. The van der Waals surface area contributed by atoms with Gasteiger partial charge in [-0.2, -0.15) is 0 Å². The Kier molecular flexibility index (Phi) is 13.9. The van der Waals surface area contributed by atoms with Crippen LogP contribution in [0.4, 0.5) is 10.5 Å². The number of anilines is 1. The zero-order valence-electron chi connectivity index (χ0n) is 26.7. The Labute approximate surface area is 249 Å². The predicted octanol–water partition coefficient (Wildman–Crippen LogP) is 2.82. The number of hydrogen-bond acceptors (Lipinski definition) is 7. The van der Waals surface area contributed by atoms with Gasteiger partial charge in [-0.05, 0) is 51.3 Å². The van der Waals surface area contributed by atoms with Crippen LogP contribution in [0.2, 0.25) is 0 Å². The highest BCUT2D eigenvalue weighted by molar-refractivity contribution is 5.96. The summed E-state index contributed by atoms with van der Waals surface area (Å²) in [6.07, 6.45) is -0.466. The number of ether oxygens (including phenoxy) is 2. The molecule has 0 radical (unpaired) electrons. The molecule has 0 aliphatic rings. The third-order valence-corrected chi connectivity index (χ3v) is 6.05. The Morgan fingerprint density at radius 1 is 0.881 bits per heavy atom. The van der Waals surface area contributed by atoms with Crippen molar-refractivity contribution in [2.75, 3.05) is 32.6 Å². The fraction of sp³-hybridized carbons (Fsp3) is 0.633. The van der Waals surface area contributed by atoms with Crippen LogP contribution in [-0.4, -0.2) is 79.1 Å². The van der Waals surface area contributed by atoms with Crippen molar-refractivity contribution in [3.05, 3.63) is 29.8 Å². The van der Waals surface area contributed by atoms with Crippen molar-refractivity contribution in [1.29, 1.82) is 0 Å². The first-order valence-corrected chi connectivity index (χ1v) is 14.1. The van der Waals surface area contributed by atoms with Crippen LogP contribution in [0, 0.1) is 11.8 Å². The second-order valence-electron chi connectivity index (χ2n) is 12.5. The van der Waals surface area contributed by atoms with E-state index in [1.54, 1.807) is 66.1 Å². The lowest BCUT2D eigenvalue weighted by molar-refractivity contribution is -0.135. The summed E-state index contributed by atoms with van der Waals surface area (Å²) in [7, 11) is 3.18. The quantitative estimate of drug-likeness (QED) is 0.244. The summed E-state index contributed by atoms with van der Waals surface area (Å²) in [4.78, 5) is 63.0. The van der Waals surface area contributed by atoms with E-state index < -0.39 is 35.1 Å². The molecule has 5 amide bonds. The first kappa shape index (κ1) is 36.4. The van der Waals surface area contributed by atoms with Crippen molar-refractivity contribution in [1.82, 2.24) is 20.9 Å². The lowest BCUT2D eigenvalue weighted by Gasteiger charge is -2.33. The normalized spacial score (nSPS) is 12.4. The molecule has 0 bridgehead atoms. The standard InChI is InChI=1S/C30H49N5O7/c1-19(2)25(33-23(36)15-30(7,8)42-18-29(5,6)34-26(38)20(3)4)27(39)31-16-24(37)32-22-13-11-21(12-14-22)17-41-28(40)35(9)10/h11-14,19-20,25H,15-18H2,1-10H3,(H,31,39)(H,32,37)(H,33,36)(H,34,38). The summed E-state index contributed by atoms with van der Waals surface area (Å²) in [5.41, 5.74) is -0.216. The minimum atomic E-state index is -0.856. The molecule has 236 valence electrons. The molecule has 1 aromatic carbocycles. The fourth-order valence-electron chi connectivity index (χ4n) is 3.53. The molecule has 1 atom stereocenters. The van der Waals surface area contributed by atoms with E-state index in [4.69, 9.17) is 9.47 Å². The summed E-state index contributed by atoms with van der Waals surface area (Å²) in [6, 6.07) is 5.91. The Hall–Kier alpha value is -3.67. The highest BCUT2D eigenvalue weighted by Crippen LogP contribution is 2.18. The van der Waals surface area contributed by atoms with Crippen molar-refractivity contribution < 1.29 is 33.4 Å². The van der Waals surface area contributed by atoms with Crippen molar-refractivity contribution in [2.45, 2.75) is 85.6 Å². The lowest BCUT2D eigenvalue weighted by Crippen LogP contribution is -2.53. The number of benzene rings is 1. The highest BCUT2D eigenvalue weighted by atomic mass is 16.6. The minimum Gasteiger partial charge on any atom is -0.445 e. The Morgan fingerprint density at radius 3 is 2.00 bits per heavy atom. The zero-order valence-corrected chi connectivity index (χ0v) is 26.7. The van der Waals surface area contributed by atoms with Gasteiger partial charge in [-0.1, -0.05) is 39.8 Å². The maximum atomic E-state index is 12.9. The lowest BCUT2D eigenvalue weighted by atomic mass is 10.00. The largest absolute Gasteiger partial charge is 0.445 e. The van der Waals surface area contributed by atoms with E-state index in [1.165, 1.54) is 4.90 Å². The molecule has 0 heterocycles. The second kappa shape index (κ2) is 16.1. The van der Waals surface area contributed by atoms with Crippen molar-refractivity contribution in [3.63, 3.8) is 0 Å². The Bertz CT molecular complexity index is 1080. The van der Waals surface area contributed by atoms with Crippen LogP contribution in [0.3, 0.4) is 0 Å². The number of nitrogens with one attached hydrogen (secondary N) is 4. The summed E-state index contributed by atoms with van der Waals surface area (Å²) in [6.45, 7) is 14.4. The number of nitrogens with zero attached hydrogens (tertiary/aromatic N) is 1. The molecule has 12 nitrogen and oxygen atoms in total. The summed E-state index contributed by atoms with van der Waals surface area (Å²) in [5.74, 6) is -1.78. The van der Waals surface area contributed by atoms with Crippen molar-refractivity contribution >= 4 is 35.4 Å². The van der Waals surface area contributed by atoms with E-state index in [-0.39, 0.29) is 49.8 Å². The third kappa shape index (κ3) is 13.8. The molecule has 0 spiro atoms. The molecule has 0 aromatic heterocycles. The third-order valence-electron chi connectivity index (χ3n) is 6.05. The maximum absolute atomic E-state index is 12.9. The van der Waals surface area contributed by atoms with Gasteiger partial charge in [0, 0.05) is 25.7 Å². The molecule has 0 fully saturated rings. The number of carbonyl (C=O) groups excluding carboxylic acids is 5. The van der Waals surface area contributed by atoms with Crippen LogP contribution in [0.15, 0.2) is 24.3 Å². The van der Waals surface area contributed by atoms with E-state index in [0.717, 1.165) is 5.56 Å². The van der Waals surface area contributed by atoms with Crippen LogP contribution >= 0.6 is 0 Å². The molecule has 1 rings (SSSR count). The SMILES string of the molecule is CC(C)C(=O)NC(C)(C)COC(C)(C)CC(=O)NC(C(=O)NCC(=O)Nc1ccc(COC(=O)N(C)C)cc1)C(C)C. The van der Waals surface area contributed by atoms with Gasteiger partial charge in [0.15, 0.2) is 0 Å². The van der Waals surface area contributed by atoms with Crippen molar-refractivity contribution in [2.24, 2.45) is 11.8 Å². The summed E-state index contributed by atoms with van der Waals surface area (Å²) < 4.78 is 11.1. The first-order valence-electron chi connectivity index (χ1n) is 14.1. The van der Waals surface area contributed by atoms with E-state index in [0.29, 0.717) is 5.69 Å². The van der Waals surface area contributed by atoms with Gasteiger partial charge in [0.2, 0.25) is 23.6 Å². The molecule has 1 unspecified atom stereocenters. The molecule has 42 heavy (non-hydrogen) atoms. The predicted molar refractivity (Wildman–Crippen MR) is 160 cm³/mol. The van der Waals surface area contributed by atoms with Gasteiger partial charge in [-0.3, -0.25) is 19.2 Å². The fourth-order valence-corrected chi connectivity index (χ4v) is 3.53. The topological polar surface area (TPSA) is 155 Å². The van der Waals surface area contributed by atoms with Crippen LogP contribution in [0.25, 0.3) is 0 Å². The second-order valence-corrected chi connectivity index (χ2v) is 12.5. The zero-order chi connectivity index (χ0) is 32.3. The van der Waals surface area contributed by atoms with Crippen molar-refractivity contribution in [3.8, 4) is 0 Å². The van der Waals surface area contributed by atoms with Gasteiger partial charge in [0.1, 0.15) is 12.6 Å². The molecule has 0 saturated carbocycles. The van der Waals surface area contributed by atoms with E-state index >= 15 is 0 Å². The van der Waals surface area contributed by atoms with E-state index in [9.17, 15) is 24.0 Å². The monoisotopic (exact) mass is 591 g/mol. The summed E-state index contributed by atoms with van der Waals surface area (Å²) >= 11 is 0. The molecule has 0 aliphatic heterocycles. The smallest absolute Gasteiger partial charge is 0.409 e. The number of carbonyl (C=O) groups is 5. The van der Waals surface area contributed by atoms with Crippen LogP contribution in [-0.2, 0) is 35.3 Å². The van der Waals surface area contributed by atoms with Crippen LogP contribution in [0.1, 0.15) is 67.4 Å². The summed E-state index contributed by atoms with van der Waals surface area (Å²) in [5, 5.41) is 11.0. The molecule has 4 N–H and O–H groups in total. The number of rotatable bonds is 15. The minimum absolute atomic E-state index is 0.0114.